The van der Waals surface area contributed by atoms with Gasteiger partial charge in [-0.15, -0.1) is 0 Å². The van der Waals surface area contributed by atoms with Crippen molar-refractivity contribution in [2.45, 2.75) is 33.1 Å². The predicted molar refractivity (Wildman–Crippen MR) is 44.2 cm³/mol. The Morgan fingerprint density at radius 1 is 1.55 bits per heavy atom. The summed E-state index contributed by atoms with van der Waals surface area (Å²) in [6.45, 7) is 4.50. The van der Waals surface area contributed by atoms with Crippen LogP contribution in [0.25, 0.3) is 0 Å². The normalized spacial score (nSPS) is 41.4. The molecule has 0 aromatic rings. The monoisotopic (exact) mass is 152 g/mol. The quantitative estimate of drug-likeness (QED) is 0.593. The van der Waals surface area contributed by atoms with Gasteiger partial charge < -0.3 is 0 Å². The van der Waals surface area contributed by atoms with Crippen molar-refractivity contribution in [1.29, 1.82) is 0 Å². The Balaban J connectivity index is 1.89. The van der Waals surface area contributed by atoms with E-state index < -0.39 is 0 Å². The van der Waals surface area contributed by atoms with Crippen molar-refractivity contribution < 1.29 is 4.79 Å². The average Bonchev–Trinajstić information content (AvgIpc) is 2.41. The second kappa shape index (κ2) is 2.33. The summed E-state index contributed by atoms with van der Waals surface area (Å²) in [5.41, 5.74) is 0. The molecule has 3 atom stereocenters. The van der Waals surface area contributed by atoms with Crippen molar-refractivity contribution in [3.05, 3.63) is 0 Å². The molecular weight excluding hydrogens is 136 g/mol. The zero-order chi connectivity index (χ0) is 8.01. The van der Waals surface area contributed by atoms with Gasteiger partial charge in [-0.1, -0.05) is 13.8 Å². The molecule has 2 saturated carbocycles. The van der Waals surface area contributed by atoms with Crippen LogP contribution >= 0.6 is 0 Å². The summed E-state index contributed by atoms with van der Waals surface area (Å²) >= 11 is 0. The summed E-state index contributed by atoms with van der Waals surface area (Å²) in [4.78, 5) is 11.2. The number of hydrogen-bond donors (Lipinski definition) is 0. The van der Waals surface area contributed by atoms with Crippen LogP contribution in [0.5, 0.6) is 0 Å². The number of ketones is 1. The lowest BCUT2D eigenvalue weighted by Gasteiger charge is -2.04. The second-order valence-corrected chi connectivity index (χ2v) is 4.49. The zero-order valence-corrected chi connectivity index (χ0v) is 7.34. The highest BCUT2D eigenvalue weighted by Crippen LogP contribution is 2.57. The first-order valence-corrected chi connectivity index (χ1v) is 4.73. The molecule has 2 aliphatic rings. The highest BCUT2D eigenvalue weighted by molar-refractivity contribution is 5.87. The van der Waals surface area contributed by atoms with Gasteiger partial charge in [0.1, 0.15) is 5.78 Å². The predicted octanol–water partition coefficient (Wildman–Crippen LogP) is 2.26. The Morgan fingerprint density at radius 3 is 2.73 bits per heavy atom. The van der Waals surface area contributed by atoms with Gasteiger partial charge in [0.15, 0.2) is 0 Å². The van der Waals surface area contributed by atoms with E-state index in [9.17, 15) is 4.79 Å². The molecule has 11 heavy (non-hydrogen) atoms. The molecule has 0 saturated heterocycles. The molecular formula is C10H16O. The van der Waals surface area contributed by atoms with Gasteiger partial charge >= 0.3 is 0 Å². The van der Waals surface area contributed by atoms with E-state index in [1.807, 2.05) is 0 Å². The Hall–Kier alpha value is -0.330. The van der Waals surface area contributed by atoms with Gasteiger partial charge in [-0.05, 0) is 30.6 Å². The lowest BCUT2D eigenvalue weighted by atomic mass is 10.0. The van der Waals surface area contributed by atoms with Crippen molar-refractivity contribution in [2.24, 2.45) is 23.7 Å². The maximum atomic E-state index is 11.2. The van der Waals surface area contributed by atoms with Crippen LogP contribution < -0.4 is 0 Å². The van der Waals surface area contributed by atoms with Crippen molar-refractivity contribution >= 4 is 5.78 Å². The molecule has 0 aliphatic heterocycles. The summed E-state index contributed by atoms with van der Waals surface area (Å²) in [6.07, 6.45) is 3.35. The first kappa shape index (κ1) is 7.33. The first-order chi connectivity index (χ1) is 5.20. The highest BCUT2D eigenvalue weighted by atomic mass is 16.1. The minimum absolute atomic E-state index is 0.511. The number of Topliss-reactive ketones (excluding diaryl/α,β-unsaturated/α-hetero) is 1. The van der Waals surface area contributed by atoms with E-state index in [-0.39, 0.29) is 0 Å². The Morgan fingerprint density at radius 2 is 2.27 bits per heavy atom. The van der Waals surface area contributed by atoms with Crippen molar-refractivity contribution in [1.82, 2.24) is 0 Å². The van der Waals surface area contributed by atoms with Gasteiger partial charge in [-0.3, -0.25) is 4.79 Å². The number of carbonyl (C=O) groups excluding carboxylic acids is 1. The Kier molecular flexibility index (Phi) is 1.55. The fourth-order valence-electron chi connectivity index (χ4n) is 2.66. The van der Waals surface area contributed by atoms with Gasteiger partial charge in [-0.25, -0.2) is 0 Å². The minimum Gasteiger partial charge on any atom is -0.299 e. The summed E-state index contributed by atoms with van der Waals surface area (Å²) in [5, 5.41) is 0. The summed E-state index contributed by atoms with van der Waals surface area (Å²) in [5.74, 6) is 3.44. The van der Waals surface area contributed by atoms with Crippen LogP contribution in [0.3, 0.4) is 0 Å². The topological polar surface area (TPSA) is 17.1 Å². The third kappa shape index (κ3) is 1.11. The van der Waals surface area contributed by atoms with E-state index in [2.05, 4.69) is 13.8 Å². The van der Waals surface area contributed by atoms with Crippen molar-refractivity contribution in [2.75, 3.05) is 0 Å². The van der Waals surface area contributed by atoms with Gasteiger partial charge in [0.25, 0.3) is 0 Å². The van der Waals surface area contributed by atoms with Crippen LogP contribution in [0.4, 0.5) is 0 Å². The largest absolute Gasteiger partial charge is 0.299 e. The molecule has 62 valence electrons. The van der Waals surface area contributed by atoms with E-state index in [4.69, 9.17) is 0 Å². The van der Waals surface area contributed by atoms with Crippen LogP contribution in [-0.4, -0.2) is 5.78 Å². The van der Waals surface area contributed by atoms with Crippen LogP contribution in [0, 0.1) is 23.7 Å². The fourth-order valence-corrected chi connectivity index (χ4v) is 2.66. The summed E-state index contributed by atoms with van der Waals surface area (Å²) in [6, 6.07) is 0. The molecule has 0 aromatic heterocycles. The van der Waals surface area contributed by atoms with Crippen LogP contribution in [0.1, 0.15) is 33.1 Å². The SMILES string of the molecule is CC(C)CC1C2CCC(=O)C21. The van der Waals surface area contributed by atoms with E-state index in [0.29, 0.717) is 11.7 Å². The van der Waals surface area contributed by atoms with E-state index in [0.717, 1.165) is 24.2 Å². The number of fused-ring (bicyclic) bond motifs is 1. The number of carbonyl (C=O) groups is 1. The Labute approximate surface area is 68.2 Å². The van der Waals surface area contributed by atoms with Crippen LogP contribution in [0.2, 0.25) is 0 Å². The third-order valence-electron chi connectivity index (χ3n) is 3.17. The number of rotatable bonds is 2. The zero-order valence-electron chi connectivity index (χ0n) is 7.34. The van der Waals surface area contributed by atoms with Gasteiger partial charge in [0.05, 0.1) is 0 Å². The lowest BCUT2D eigenvalue weighted by Crippen LogP contribution is -2.01. The maximum Gasteiger partial charge on any atom is 0.136 e. The molecule has 0 aromatic carbocycles. The van der Waals surface area contributed by atoms with E-state index in [1.54, 1.807) is 0 Å². The van der Waals surface area contributed by atoms with Gasteiger partial charge in [0.2, 0.25) is 0 Å². The van der Waals surface area contributed by atoms with E-state index in [1.165, 1.54) is 12.8 Å². The molecule has 0 radical (unpaired) electrons. The Bertz CT molecular complexity index is 183. The maximum absolute atomic E-state index is 11.2. The smallest absolute Gasteiger partial charge is 0.136 e. The molecule has 0 amide bonds. The first-order valence-electron chi connectivity index (χ1n) is 4.73. The molecule has 0 heterocycles. The van der Waals surface area contributed by atoms with Gasteiger partial charge in [-0.2, -0.15) is 0 Å². The minimum atomic E-state index is 0.511. The molecule has 0 N–H and O–H groups in total. The summed E-state index contributed by atoms with van der Waals surface area (Å²) in [7, 11) is 0. The standard InChI is InChI=1S/C10H16O/c1-6(2)5-8-7-3-4-9(11)10(7)8/h6-8,10H,3-5H2,1-2H3. The fraction of sp³-hybridized carbons (Fsp3) is 0.900. The van der Waals surface area contributed by atoms with Crippen LogP contribution in [-0.2, 0) is 4.79 Å². The third-order valence-corrected chi connectivity index (χ3v) is 3.17. The van der Waals surface area contributed by atoms with Gasteiger partial charge in [0, 0.05) is 12.3 Å². The molecule has 1 nitrogen and oxygen atoms in total. The van der Waals surface area contributed by atoms with Crippen molar-refractivity contribution in [3.8, 4) is 0 Å². The molecule has 0 spiro atoms. The highest BCUT2D eigenvalue weighted by Gasteiger charge is 2.57. The lowest BCUT2D eigenvalue weighted by molar-refractivity contribution is -0.119. The average molecular weight is 152 g/mol. The van der Waals surface area contributed by atoms with Crippen molar-refractivity contribution in [3.63, 3.8) is 0 Å². The molecule has 1 heteroatoms. The number of hydrogen-bond acceptors (Lipinski definition) is 1. The molecule has 2 aliphatic carbocycles. The molecule has 3 unspecified atom stereocenters. The summed E-state index contributed by atoms with van der Waals surface area (Å²) < 4.78 is 0. The second-order valence-electron chi connectivity index (χ2n) is 4.49. The molecule has 2 fully saturated rings. The molecule has 2 rings (SSSR count). The van der Waals surface area contributed by atoms with E-state index >= 15 is 0 Å². The molecule has 0 bridgehead atoms. The van der Waals surface area contributed by atoms with Crippen LogP contribution in [0.15, 0.2) is 0 Å².